The van der Waals surface area contributed by atoms with E-state index in [1.165, 1.54) is 0 Å². The van der Waals surface area contributed by atoms with Gasteiger partial charge in [-0.3, -0.25) is 4.79 Å². The minimum absolute atomic E-state index is 0.0724. The fourth-order valence-electron chi connectivity index (χ4n) is 1.80. The van der Waals surface area contributed by atoms with Crippen molar-refractivity contribution >= 4 is 17.5 Å². The molecule has 0 aliphatic heterocycles. The number of nitrogens with zero attached hydrogens (tertiary/aromatic N) is 2. The Morgan fingerprint density at radius 3 is 2.68 bits per heavy atom. The van der Waals surface area contributed by atoms with E-state index in [0.717, 1.165) is 5.56 Å². The van der Waals surface area contributed by atoms with Crippen molar-refractivity contribution in [1.82, 2.24) is 15.5 Å². The number of hydrogen-bond acceptors (Lipinski definition) is 5. The minimum Gasteiger partial charge on any atom is -0.346 e. The highest BCUT2D eigenvalue weighted by Gasteiger charge is 2.17. The average Bonchev–Trinajstić information content (AvgIpc) is 2.94. The standard InChI is InChI=1S/C15H19ClN4O2/c1-9(2)14(17)15(21)18-8-13-19-12(20-22-13)7-10-3-5-11(16)6-4-10/h3-6,9,14H,7-8,17H2,1-2H3,(H,18,21)/t14-/m0/s1. The molecule has 0 saturated heterocycles. The van der Waals surface area contributed by atoms with E-state index in [4.69, 9.17) is 21.9 Å². The lowest BCUT2D eigenvalue weighted by atomic mass is 10.1. The second-order valence-corrected chi connectivity index (χ2v) is 5.83. The van der Waals surface area contributed by atoms with E-state index < -0.39 is 6.04 Å². The van der Waals surface area contributed by atoms with Crippen LogP contribution in [0.25, 0.3) is 0 Å². The number of carbonyl (C=O) groups excluding carboxylic acids is 1. The van der Waals surface area contributed by atoms with Crippen LogP contribution >= 0.6 is 11.6 Å². The average molecular weight is 323 g/mol. The Labute approximate surface area is 134 Å². The number of nitrogens with two attached hydrogens (primary N) is 1. The zero-order valence-electron chi connectivity index (χ0n) is 12.5. The largest absolute Gasteiger partial charge is 0.346 e. The maximum absolute atomic E-state index is 11.7. The van der Waals surface area contributed by atoms with E-state index in [0.29, 0.717) is 23.2 Å². The summed E-state index contributed by atoms with van der Waals surface area (Å²) >= 11 is 5.84. The molecule has 118 valence electrons. The highest BCUT2D eigenvalue weighted by molar-refractivity contribution is 6.30. The maximum atomic E-state index is 11.7. The molecule has 0 aliphatic rings. The summed E-state index contributed by atoms with van der Waals surface area (Å²) < 4.78 is 5.11. The van der Waals surface area contributed by atoms with Crippen LogP contribution in [0, 0.1) is 5.92 Å². The number of rotatable bonds is 6. The van der Waals surface area contributed by atoms with Crippen molar-refractivity contribution in [1.29, 1.82) is 0 Å². The molecule has 7 heteroatoms. The molecule has 0 aliphatic carbocycles. The summed E-state index contributed by atoms with van der Waals surface area (Å²) in [7, 11) is 0. The van der Waals surface area contributed by atoms with Crippen LogP contribution in [0.3, 0.4) is 0 Å². The number of amides is 1. The second-order valence-electron chi connectivity index (χ2n) is 5.40. The monoisotopic (exact) mass is 322 g/mol. The van der Waals surface area contributed by atoms with Gasteiger partial charge in [0.05, 0.1) is 12.6 Å². The van der Waals surface area contributed by atoms with Gasteiger partial charge in [0.25, 0.3) is 0 Å². The highest BCUT2D eigenvalue weighted by Crippen LogP contribution is 2.12. The lowest BCUT2D eigenvalue weighted by Gasteiger charge is -2.14. The molecule has 1 atom stereocenters. The molecule has 1 amide bonds. The molecule has 0 bridgehead atoms. The predicted octanol–water partition coefficient (Wildman–Crippen LogP) is 1.91. The molecular formula is C15H19ClN4O2. The summed E-state index contributed by atoms with van der Waals surface area (Å²) in [5, 5.41) is 7.26. The first-order valence-electron chi connectivity index (χ1n) is 7.05. The molecule has 0 unspecified atom stereocenters. The van der Waals surface area contributed by atoms with Crippen LogP contribution in [0.5, 0.6) is 0 Å². The van der Waals surface area contributed by atoms with Gasteiger partial charge in [0.1, 0.15) is 0 Å². The molecule has 1 aromatic heterocycles. The predicted molar refractivity (Wildman–Crippen MR) is 83.2 cm³/mol. The van der Waals surface area contributed by atoms with Crippen LogP contribution in [0.4, 0.5) is 0 Å². The summed E-state index contributed by atoms with van der Waals surface area (Å²) in [4.78, 5) is 16.0. The van der Waals surface area contributed by atoms with Crippen LogP contribution in [-0.4, -0.2) is 22.1 Å². The number of benzene rings is 1. The number of aromatic nitrogens is 2. The van der Waals surface area contributed by atoms with E-state index >= 15 is 0 Å². The van der Waals surface area contributed by atoms with E-state index in [-0.39, 0.29) is 18.4 Å². The van der Waals surface area contributed by atoms with Gasteiger partial charge in [-0.1, -0.05) is 42.7 Å². The minimum atomic E-state index is -0.545. The molecule has 3 N–H and O–H groups in total. The van der Waals surface area contributed by atoms with Gasteiger partial charge >= 0.3 is 0 Å². The van der Waals surface area contributed by atoms with Gasteiger partial charge in [0.2, 0.25) is 11.8 Å². The zero-order valence-corrected chi connectivity index (χ0v) is 13.3. The molecule has 1 heterocycles. The molecule has 0 saturated carbocycles. The molecule has 6 nitrogen and oxygen atoms in total. The van der Waals surface area contributed by atoms with Gasteiger partial charge in [-0.15, -0.1) is 0 Å². The SMILES string of the molecule is CC(C)[C@H](N)C(=O)NCc1nc(Cc2ccc(Cl)cc2)no1. The fourth-order valence-corrected chi connectivity index (χ4v) is 1.93. The Kier molecular flexibility index (Phi) is 5.51. The first-order valence-corrected chi connectivity index (χ1v) is 7.42. The molecule has 22 heavy (non-hydrogen) atoms. The fraction of sp³-hybridized carbons (Fsp3) is 0.400. The summed E-state index contributed by atoms with van der Waals surface area (Å²) in [6.45, 7) is 3.95. The first kappa shape index (κ1) is 16.5. The normalized spacial score (nSPS) is 12.4. The number of halogens is 1. The summed E-state index contributed by atoms with van der Waals surface area (Å²) in [6.07, 6.45) is 0.542. The Bertz CT molecular complexity index is 625. The first-order chi connectivity index (χ1) is 10.5. The quantitative estimate of drug-likeness (QED) is 0.847. The van der Waals surface area contributed by atoms with Crippen LogP contribution in [0.1, 0.15) is 31.1 Å². The van der Waals surface area contributed by atoms with Crippen molar-refractivity contribution in [3.63, 3.8) is 0 Å². The van der Waals surface area contributed by atoms with Crippen molar-refractivity contribution < 1.29 is 9.32 Å². The Morgan fingerprint density at radius 2 is 2.05 bits per heavy atom. The van der Waals surface area contributed by atoms with E-state index in [2.05, 4.69) is 15.5 Å². The van der Waals surface area contributed by atoms with Crippen molar-refractivity contribution in [2.24, 2.45) is 11.7 Å². The smallest absolute Gasteiger partial charge is 0.246 e. The highest BCUT2D eigenvalue weighted by atomic mass is 35.5. The van der Waals surface area contributed by atoms with Crippen LogP contribution < -0.4 is 11.1 Å². The van der Waals surface area contributed by atoms with Gasteiger partial charge in [-0.2, -0.15) is 4.98 Å². The number of nitrogens with one attached hydrogen (secondary N) is 1. The third-order valence-corrected chi connectivity index (χ3v) is 3.47. The summed E-state index contributed by atoms with van der Waals surface area (Å²) in [5.41, 5.74) is 6.78. The Balaban J connectivity index is 1.89. The molecule has 0 fully saturated rings. The van der Waals surface area contributed by atoms with Gasteiger partial charge in [-0.25, -0.2) is 0 Å². The van der Waals surface area contributed by atoms with Crippen molar-refractivity contribution in [2.75, 3.05) is 0 Å². The molecule has 2 rings (SSSR count). The zero-order chi connectivity index (χ0) is 16.1. The molecule has 0 spiro atoms. The summed E-state index contributed by atoms with van der Waals surface area (Å²) in [6, 6.07) is 6.89. The van der Waals surface area contributed by atoms with Crippen LogP contribution in [-0.2, 0) is 17.8 Å². The molecular weight excluding hydrogens is 304 g/mol. The molecule has 0 radical (unpaired) electrons. The van der Waals surface area contributed by atoms with Gasteiger partial charge in [0.15, 0.2) is 5.82 Å². The van der Waals surface area contributed by atoms with Crippen molar-refractivity contribution in [2.45, 2.75) is 32.9 Å². The third kappa shape index (κ3) is 4.54. The van der Waals surface area contributed by atoms with Crippen molar-refractivity contribution in [3.05, 3.63) is 46.6 Å². The van der Waals surface area contributed by atoms with Crippen LogP contribution in [0.15, 0.2) is 28.8 Å². The van der Waals surface area contributed by atoms with Gasteiger partial charge in [-0.05, 0) is 23.6 Å². The lowest BCUT2D eigenvalue weighted by molar-refractivity contribution is -0.123. The lowest BCUT2D eigenvalue weighted by Crippen LogP contribution is -2.43. The van der Waals surface area contributed by atoms with Gasteiger partial charge in [0, 0.05) is 11.4 Å². The van der Waals surface area contributed by atoms with Crippen molar-refractivity contribution in [3.8, 4) is 0 Å². The Morgan fingerprint density at radius 1 is 1.36 bits per heavy atom. The Hall–Kier alpha value is -1.92. The maximum Gasteiger partial charge on any atom is 0.246 e. The van der Waals surface area contributed by atoms with Crippen LogP contribution in [0.2, 0.25) is 5.02 Å². The number of hydrogen-bond donors (Lipinski definition) is 2. The topological polar surface area (TPSA) is 94.0 Å². The number of carbonyl (C=O) groups is 1. The second kappa shape index (κ2) is 7.38. The summed E-state index contributed by atoms with van der Waals surface area (Å²) in [5.74, 6) is 0.753. The molecule has 2 aromatic rings. The van der Waals surface area contributed by atoms with Gasteiger partial charge < -0.3 is 15.6 Å². The third-order valence-electron chi connectivity index (χ3n) is 3.22. The van der Waals surface area contributed by atoms with E-state index in [1.807, 2.05) is 38.1 Å². The van der Waals surface area contributed by atoms with E-state index in [9.17, 15) is 4.79 Å². The van der Waals surface area contributed by atoms with E-state index in [1.54, 1.807) is 0 Å². The molecule has 1 aromatic carbocycles.